The van der Waals surface area contributed by atoms with Crippen molar-refractivity contribution in [3.63, 3.8) is 0 Å². The van der Waals surface area contributed by atoms with E-state index in [1.165, 1.54) is 18.4 Å². The summed E-state index contributed by atoms with van der Waals surface area (Å²) >= 11 is 0. The van der Waals surface area contributed by atoms with Crippen molar-refractivity contribution in [2.75, 3.05) is 13.6 Å². The van der Waals surface area contributed by atoms with Crippen molar-refractivity contribution in [1.29, 1.82) is 0 Å². The molecule has 2 atom stereocenters. The van der Waals surface area contributed by atoms with Gasteiger partial charge < -0.3 is 5.32 Å². The highest BCUT2D eigenvalue weighted by molar-refractivity contribution is 5.08. The molecule has 1 aromatic rings. The van der Waals surface area contributed by atoms with Gasteiger partial charge in [-0.3, -0.25) is 9.88 Å². The van der Waals surface area contributed by atoms with E-state index in [-0.39, 0.29) is 0 Å². The number of nitrogens with one attached hydrogen (secondary N) is 1. The zero-order chi connectivity index (χ0) is 13.4. The Morgan fingerprint density at radius 1 is 1.39 bits per heavy atom. The van der Waals surface area contributed by atoms with Crippen LogP contribution in [0.1, 0.15) is 39.2 Å². The fraction of sp³-hybridized carbons (Fsp3) is 0.667. The average Bonchev–Trinajstić information content (AvgIpc) is 2.37. The quantitative estimate of drug-likeness (QED) is 0.768. The van der Waals surface area contributed by atoms with Crippen LogP contribution in [0.3, 0.4) is 0 Å². The number of pyridine rings is 1. The SMILES string of the molecule is CCCC(C)NCC(C)N(C)Cc1cccnc1. The second-order valence-electron chi connectivity index (χ2n) is 5.22. The maximum atomic E-state index is 4.15. The number of likely N-dealkylation sites (N-methyl/N-ethyl adjacent to an activating group) is 1. The van der Waals surface area contributed by atoms with Gasteiger partial charge in [-0.25, -0.2) is 0 Å². The highest BCUT2D eigenvalue weighted by Gasteiger charge is 2.10. The minimum absolute atomic E-state index is 0.532. The van der Waals surface area contributed by atoms with Crippen LogP contribution in [0.2, 0.25) is 0 Å². The molecule has 0 aliphatic carbocycles. The average molecular weight is 249 g/mol. The van der Waals surface area contributed by atoms with Crippen molar-refractivity contribution >= 4 is 0 Å². The Balaban J connectivity index is 2.30. The summed E-state index contributed by atoms with van der Waals surface area (Å²) in [5.41, 5.74) is 1.27. The summed E-state index contributed by atoms with van der Waals surface area (Å²) in [6.45, 7) is 8.76. The molecule has 0 fully saturated rings. The molecule has 0 spiro atoms. The Hall–Kier alpha value is -0.930. The molecule has 0 aliphatic heterocycles. The molecule has 102 valence electrons. The lowest BCUT2D eigenvalue weighted by atomic mass is 10.2. The van der Waals surface area contributed by atoms with Gasteiger partial charge in [-0.05, 0) is 38.9 Å². The van der Waals surface area contributed by atoms with Crippen LogP contribution in [0.5, 0.6) is 0 Å². The summed E-state index contributed by atoms with van der Waals surface area (Å²) < 4.78 is 0. The predicted octanol–water partition coefficient (Wildman–Crippen LogP) is 2.68. The van der Waals surface area contributed by atoms with Crippen LogP contribution in [0, 0.1) is 0 Å². The van der Waals surface area contributed by atoms with Crippen molar-refractivity contribution in [2.24, 2.45) is 0 Å². The molecule has 0 amide bonds. The van der Waals surface area contributed by atoms with E-state index in [0.717, 1.165) is 13.1 Å². The van der Waals surface area contributed by atoms with Crippen LogP contribution >= 0.6 is 0 Å². The maximum Gasteiger partial charge on any atom is 0.0312 e. The molecule has 0 saturated heterocycles. The molecular formula is C15H27N3. The number of nitrogens with zero attached hydrogens (tertiary/aromatic N) is 2. The van der Waals surface area contributed by atoms with Crippen molar-refractivity contribution < 1.29 is 0 Å². The van der Waals surface area contributed by atoms with E-state index in [1.807, 2.05) is 18.5 Å². The van der Waals surface area contributed by atoms with Crippen molar-refractivity contribution in [1.82, 2.24) is 15.2 Å². The second-order valence-corrected chi connectivity index (χ2v) is 5.22. The van der Waals surface area contributed by atoms with Crippen molar-refractivity contribution in [3.8, 4) is 0 Å². The molecule has 1 N–H and O–H groups in total. The van der Waals surface area contributed by atoms with Gasteiger partial charge >= 0.3 is 0 Å². The Kier molecular flexibility index (Phi) is 6.91. The van der Waals surface area contributed by atoms with Crippen molar-refractivity contribution in [2.45, 2.75) is 52.2 Å². The van der Waals surface area contributed by atoms with E-state index in [4.69, 9.17) is 0 Å². The molecule has 0 aliphatic rings. The highest BCUT2D eigenvalue weighted by Crippen LogP contribution is 2.04. The third kappa shape index (κ3) is 5.61. The highest BCUT2D eigenvalue weighted by atomic mass is 15.1. The van der Waals surface area contributed by atoms with Gasteiger partial charge in [-0.15, -0.1) is 0 Å². The smallest absolute Gasteiger partial charge is 0.0312 e. The topological polar surface area (TPSA) is 28.2 Å². The number of rotatable bonds is 8. The molecule has 0 aromatic carbocycles. The van der Waals surface area contributed by atoms with Gasteiger partial charge in [-0.2, -0.15) is 0 Å². The maximum absolute atomic E-state index is 4.15. The zero-order valence-electron chi connectivity index (χ0n) is 12.2. The molecule has 0 bridgehead atoms. The van der Waals surface area contributed by atoms with Gasteiger partial charge in [-0.1, -0.05) is 19.4 Å². The molecule has 1 heterocycles. The van der Waals surface area contributed by atoms with Crippen LogP contribution in [0.25, 0.3) is 0 Å². The van der Waals surface area contributed by atoms with Gasteiger partial charge in [0.15, 0.2) is 0 Å². The molecule has 3 nitrogen and oxygen atoms in total. The lowest BCUT2D eigenvalue weighted by Crippen LogP contribution is -2.40. The minimum atomic E-state index is 0.532. The Bertz CT molecular complexity index is 313. The molecule has 0 saturated carbocycles. The minimum Gasteiger partial charge on any atom is -0.313 e. The van der Waals surface area contributed by atoms with Crippen LogP contribution in [-0.2, 0) is 6.54 Å². The Labute approximate surface area is 112 Å². The number of hydrogen-bond donors (Lipinski definition) is 1. The summed E-state index contributed by atoms with van der Waals surface area (Å²) in [6.07, 6.45) is 6.25. The van der Waals surface area contributed by atoms with E-state index in [2.05, 4.69) is 49.1 Å². The monoisotopic (exact) mass is 249 g/mol. The van der Waals surface area contributed by atoms with Gasteiger partial charge in [0.2, 0.25) is 0 Å². The largest absolute Gasteiger partial charge is 0.313 e. The van der Waals surface area contributed by atoms with Gasteiger partial charge in [0.25, 0.3) is 0 Å². The van der Waals surface area contributed by atoms with Gasteiger partial charge in [0, 0.05) is 37.6 Å². The van der Waals surface area contributed by atoms with E-state index >= 15 is 0 Å². The Morgan fingerprint density at radius 2 is 2.17 bits per heavy atom. The molecule has 1 rings (SSSR count). The van der Waals surface area contributed by atoms with Gasteiger partial charge in [0.05, 0.1) is 0 Å². The zero-order valence-corrected chi connectivity index (χ0v) is 12.2. The van der Waals surface area contributed by atoms with Gasteiger partial charge in [0.1, 0.15) is 0 Å². The molecule has 1 aromatic heterocycles. The van der Waals surface area contributed by atoms with Crippen molar-refractivity contribution in [3.05, 3.63) is 30.1 Å². The normalized spacial score (nSPS) is 14.7. The Morgan fingerprint density at radius 3 is 2.78 bits per heavy atom. The van der Waals surface area contributed by atoms with E-state index in [0.29, 0.717) is 12.1 Å². The fourth-order valence-electron chi connectivity index (χ4n) is 2.00. The summed E-state index contributed by atoms with van der Waals surface area (Å²) in [5.74, 6) is 0. The third-order valence-corrected chi connectivity index (χ3v) is 3.39. The molecule has 18 heavy (non-hydrogen) atoms. The lowest BCUT2D eigenvalue weighted by Gasteiger charge is -2.26. The van der Waals surface area contributed by atoms with Crippen LogP contribution in [0.4, 0.5) is 0 Å². The predicted molar refractivity (Wildman–Crippen MR) is 77.5 cm³/mol. The summed E-state index contributed by atoms with van der Waals surface area (Å²) in [7, 11) is 2.17. The van der Waals surface area contributed by atoms with Crippen LogP contribution < -0.4 is 5.32 Å². The van der Waals surface area contributed by atoms with E-state index in [9.17, 15) is 0 Å². The molecule has 2 unspecified atom stereocenters. The number of hydrogen-bond acceptors (Lipinski definition) is 3. The summed E-state index contributed by atoms with van der Waals surface area (Å²) in [4.78, 5) is 6.52. The molecular weight excluding hydrogens is 222 g/mol. The lowest BCUT2D eigenvalue weighted by molar-refractivity contribution is 0.237. The summed E-state index contributed by atoms with van der Waals surface area (Å²) in [6, 6.07) is 5.27. The molecule has 0 radical (unpaired) electrons. The second kappa shape index (κ2) is 8.22. The first-order valence-electron chi connectivity index (χ1n) is 6.96. The first kappa shape index (κ1) is 15.1. The van der Waals surface area contributed by atoms with Crippen LogP contribution in [-0.4, -0.2) is 35.6 Å². The van der Waals surface area contributed by atoms with Crippen LogP contribution in [0.15, 0.2) is 24.5 Å². The molecule has 3 heteroatoms. The fourth-order valence-corrected chi connectivity index (χ4v) is 2.00. The number of aromatic nitrogens is 1. The standard InChI is InChI=1S/C15H27N3/c1-5-7-13(2)17-10-14(3)18(4)12-15-8-6-9-16-11-15/h6,8-9,11,13-14,17H,5,7,10,12H2,1-4H3. The van der Waals surface area contributed by atoms with E-state index in [1.54, 1.807) is 0 Å². The van der Waals surface area contributed by atoms with E-state index < -0.39 is 0 Å². The first-order chi connectivity index (χ1) is 8.63. The first-order valence-corrected chi connectivity index (χ1v) is 6.96. The third-order valence-electron chi connectivity index (χ3n) is 3.39. The summed E-state index contributed by atoms with van der Waals surface area (Å²) in [5, 5.41) is 3.59.